The lowest BCUT2D eigenvalue weighted by Crippen LogP contribution is -2.21. The molecule has 0 bridgehead atoms. The van der Waals surface area contributed by atoms with E-state index in [1.165, 1.54) is 12.1 Å². The molecule has 6 heteroatoms. The van der Waals surface area contributed by atoms with Gasteiger partial charge >= 0.3 is 0 Å². The van der Waals surface area contributed by atoms with E-state index in [0.29, 0.717) is 11.4 Å². The molecule has 2 rings (SSSR count). The van der Waals surface area contributed by atoms with E-state index in [2.05, 4.69) is 5.32 Å². The number of para-hydroxylation sites is 1. The highest BCUT2D eigenvalue weighted by molar-refractivity contribution is 5.97. The largest absolute Gasteiger partial charge is 0.483 e. The number of hydrogen-bond acceptors (Lipinski definition) is 4. The maximum absolute atomic E-state index is 11.8. The SMILES string of the molecule is NC(=O)c1cc(N)ccc1OCC(=O)Nc1ccccc1. The fourth-order valence-electron chi connectivity index (χ4n) is 1.73. The van der Waals surface area contributed by atoms with Gasteiger partial charge in [0.05, 0.1) is 5.56 Å². The lowest BCUT2D eigenvalue weighted by Gasteiger charge is -2.10. The summed E-state index contributed by atoms with van der Waals surface area (Å²) in [4.78, 5) is 23.1. The molecule has 0 fully saturated rings. The van der Waals surface area contributed by atoms with Gasteiger partial charge in [0.15, 0.2) is 6.61 Å². The molecule has 0 unspecified atom stereocenters. The molecule has 0 radical (unpaired) electrons. The van der Waals surface area contributed by atoms with Crippen molar-refractivity contribution in [2.24, 2.45) is 5.73 Å². The highest BCUT2D eigenvalue weighted by Crippen LogP contribution is 2.21. The number of carbonyl (C=O) groups is 2. The summed E-state index contributed by atoms with van der Waals surface area (Å²) in [6.07, 6.45) is 0. The average molecular weight is 285 g/mol. The number of anilines is 2. The number of nitrogens with two attached hydrogens (primary N) is 2. The fourth-order valence-corrected chi connectivity index (χ4v) is 1.73. The monoisotopic (exact) mass is 285 g/mol. The Morgan fingerprint density at radius 1 is 1.10 bits per heavy atom. The molecule has 108 valence electrons. The van der Waals surface area contributed by atoms with Gasteiger partial charge in [0.2, 0.25) is 0 Å². The maximum atomic E-state index is 11.8. The van der Waals surface area contributed by atoms with Crippen LogP contribution in [0.2, 0.25) is 0 Å². The second-order valence-electron chi connectivity index (χ2n) is 4.32. The summed E-state index contributed by atoms with van der Waals surface area (Å²) >= 11 is 0. The van der Waals surface area contributed by atoms with E-state index in [0.717, 1.165) is 0 Å². The van der Waals surface area contributed by atoms with Gasteiger partial charge in [-0.05, 0) is 30.3 Å². The van der Waals surface area contributed by atoms with Crippen LogP contribution in [0.4, 0.5) is 11.4 Å². The van der Waals surface area contributed by atoms with Crippen LogP contribution in [-0.2, 0) is 4.79 Å². The molecule has 0 aromatic heterocycles. The van der Waals surface area contributed by atoms with Crippen molar-refractivity contribution in [3.05, 3.63) is 54.1 Å². The van der Waals surface area contributed by atoms with Gasteiger partial charge in [-0.1, -0.05) is 18.2 Å². The molecule has 0 atom stereocenters. The molecule has 0 heterocycles. The summed E-state index contributed by atoms with van der Waals surface area (Å²) in [7, 11) is 0. The summed E-state index contributed by atoms with van der Waals surface area (Å²) in [5, 5.41) is 2.67. The van der Waals surface area contributed by atoms with E-state index in [4.69, 9.17) is 16.2 Å². The van der Waals surface area contributed by atoms with Crippen LogP contribution in [0.25, 0.3) is 0 Å². The number of carbonyl (C=O) groups excluding carboxylic acids is 2. The first-order valence-corrected chi connectivity index (χ1v) is 6.23. The highest BCUT2D eigenvalue weighted by Gasteiger charge is 2.11. The number of amides is 2. The van der Waals surface area contributed by atoms with Crippen LogP contribution in [0.3, 0.4) is 0 Å². The Labute approximate surface area is 121 Å². The Hall–Kier alpha value is -3.02. The average Bonchev–Trinajstić information content (AvgIpc) is 2.47. The van der Waals surface area contributed by atoms with Gasteiger partial charge in [0.25, 0.3) is 11.8 Å². The number of rotatable bonds is 5. The number of nitrogen functional groups attached to an aromatic ring is 1. The molecular weight excluding hydrogens is 270 g/mol. The van der Waals surface area contributed by atoms with Crippen LogP contribution in [0, 0.1) is 0 Å². The van der Waals surface area contributed by atoms with E-state index in [1.54, 1.807) is 18.2 Å². The minimum Gasteiger partial charge on any atom is -0.483 e. The molecule has 6 nitrogen and oxygen atoms in total. The van der Waals surface area contributed by atoms with Crippen LogP contribution in [0.5, 0.6) is 5.75 Å². The molecule has 0 saturated heterocycles. The van der Waals surface area contributed by atoms with Gasteiger partial charge < -0.3 is 21.5 Å². The molecular formula is C15H15N3O3. The van der Waals surface area contributed by atoms with Crippen LogP contribution in [-0.4, -0.2) is 18.4 Å². The van der Waals surface area contributed by atoms with Crippen LogP contribution in [0.1, 0.15) is 10.4 Å². The Balaban J connectivity index is 2.00. The van der Waals surface area contributed by atoms with Crippen LogP contribution < -0.4 is 21.5 Å². The Bertz CT molecular complexity index is 656. The molecule has 0 aliphatic carbocycles. The second-order valence-corrected chi connectivity index (χ2v) is 4.32. The Morgan fingerprint density at radius 3 is 2.48 bits per heavy atom. The fraction of sp³-hybridized carbons (Fsp3) is 0.0667. The summed E-state index contributed by atoms with van der Waals surface area (Å²) in [6.45, 7) is -0.237. The van der Waals surface area contributed by atoms with Crippen molar-refractivity contribution in [2.45, 2.75) is 0 Å². The van der Waals surface area contributed by atoms with E-state index in [-0.39, 0.29) is 23.8 Å². The normalized spacial score (nSPS) is 9.90. The van der Waals surface area contributed by atoms with Crippen molar-refractivity contribution in [3.8, 4) is 5.75 Å². The van der Waals surface area contributed by atoms with Gasteiger partial charge in [-0.25, -0.2) is 0 Å². The van der Waals surface area contributed by atoms with Crippen molar-refractivity contribution in [2.75, 3.05) is 17.7 Å². The molecule has 5 N–H and O–H groups in total. The molecule has 0 aliphatic rings. The smallest absolute Gasteiger partial charge is 0.262 e. The lowest BCUT2D eigenvalue weighted by molar-refractivity contribution is -0.118. The zero-order valence-electron chi connectivity index (χ0n) is 11.2. The van der Waals surface area contributed by atoms with E-state index in [1.807, 2.05) is 18.2 Å². The van der Waals surface area contributed by atoms with Gasteiger partial charge in [-0.2, -0.15) is 0 Å². The highest BCUT2D eigenvalue weighted by atomic mass is 16.5. The lowest BCUT2D eigenvalue weighted by atomic mass is 10.1. The quantitative estimate of drug-likeness (QED) is 0.721. The predicted molar refractivity (Wildman–Crippen MR) is 79.9 cm³/mol. The standard InChI is InChI=1S/C15H15N3O3/c16-10-6-7-13(12(8-10)15(17)20)21-9-14(19)18-11-4-2-1-3-5-11/h1-8H,9,16H2,(H2,17,20)(H,18,19). The van der Waals surface area contributed by atoms with Crippen molar-refractivity contribution >= 4 is 23.2 Å². The van der Waals surface area contributed by atoms with Crippen LogP contribution >= 0.6 is 0 Å². The van der Waals surface area contributed by atoms with Crippen molar-refractivity contribution < 1.29 is 14.3 Å². The number of hydrogen-bond donors (Lipinski definition) is 3. The molecule has 0 aliphatic heterocycles. The van der Waals surface area contributed by atoms with Gasteiger partial charge in [0, 0.05) is 11.4 Å². The van der Waals surface area contributed by atoms with Crippen molar-refractivity contribution in [1.29, 1.82) is 0 Å². The predicted octanol–water partition coefficient (Wildman–Crippen LogP) is 1.39. The third kappa shape index (κ3) is 3.97. The first-order valence-electron chi connectivity index (χ1n) is 6.23. The van der Waals surface area contributed by atoms with Gasteiger partial charge in [-0.15, -0.1) is 0 Å². The number of primary amides is 1. The topological polar surface area (TPSA) is 107 Å². The summed E-state index contributed by atoms with van der Waals surface area (Å²) in [6, 6.07) is 13.5. The minimum absolute atomic E-state index is 0.141. The van der Waals surface area contributed by atoms with Crippen molar-refractivity contribution in [1.82, 2.24) is 0 Å². The number of ether oxygens (including phenoxy) is 1. The maximum Gasteiger partial charge on any atom is 0.262 e. The molecule has 21 heavy (non-hydrogen) atoms. The molecule has 0 spiro atoms. The minimum atomic E-state index is -0.666. The Kier molecular flexibility index (Phi) is 4.40. The summed E-state index contributed by atoms with van der Waals surface area (Å²) in [5.41, 5.74) is 12.0. The summed E-state index contributed by atoms with van der Waals surface area (Å²) in [5.74, 6) is -0.783. The molecule has 2 aromatic carbocycles. The zero-order valence-corrected chi connectivity index (χ0v) is 11.2. The number of benzene rings is 2. The molecule has 2 amide bonds. The number of nitrogens with one attached hydrogen (secondary N) is 1. The van der Waals surface area contributed by atoms with Gasteiger partial charge in [0.1, 0.15) is 5.75 Å². The third-order valence-corrected chi connectivity index (χ3v) is 2.69. The van der Waals surface area contributed by atoms with Crippen molar-refractivity contribution in [3.63, 3.8) is 0 Å². The Morgan fingerprint density at radius 2 is 1.81 bits per heavy atom. The van der Waals surface area contributed by atoms with Crippen LogP contribution in [0.15, 0.2) is 48.5 Å². The first kappa shape index (κ1) is 14.4. The first-order chi connectivity index (χ1) is 10.1. The van der Waals surface area contributed by atoms with E-state index < -0.39 is 5.91 Å². The molecule has 2 aromatic rings. The second kappa shape index (κ2) is 6.42. The van der Waals surface area contributed by atoms with Gasteiger partial charge in [-0.3, -0.25) is 9.59 Å². The van der Waals surface area contributed by atoms with E-state index >= 15 is 0 Å². The summed E-state index contributed by atoms with van der Waals surface area (Å²) < 4.78 is 5.32. The third-order valence-electron chi connectivity index (χ3n) is 2.69. The molecule has 0 saturated carbocycles. The zero-order chi connectivity index (χ0) is 15.2. The van der Waals surface area contributed by atoms with E-state index in [9.17, 15) is 9.59 Å².